The Labute approximate surface area is 202 Å². The predicted molar refractivity (Wildman–Crippen MR) is 136 cm³/mol. The Hall–Kier alpha value is -3.02. The van der Waals surface area contributed by atoms with Gasteiger partial charge >= 0.3 is 6.03 Å². The maximum Gasteiger partial charge on any atom is 0.319 e. The third-order valence-corrected chi connectivity index (χ3v) is 7.94. The van der Waals surface area contributed by atoms with Crippen molar-refractivity contribution in [3.05, 3.63) is 59.7 Å². The van der Waals surface area contributed by atoms with E-state index in [1.807, 2.05) is 49.3 Å². The molecule has 6 heteroatoms. The van der Waals surface area contributed by atoms with E-state index in [9.17, 15) is 9.59 Å². The molecule has 3 amide bonds. The minimum atomic E-state index is -0.157. The fourth-order valence-corrected chi connectivity index (χ4v) is 6.91. The molecule has 2 aromatic carbocycles. The summed E-state index contributed by atoms with van der Waals surface area (Å²) in [4.78, 5) is 27.9. The second kappa shape index (κ2) is 9.32. The van der Waals surface area contributed by atoms with Crippen LogP contribution >= 0.6 is 0 Å². The lowest BCUT2D eigenvalue weighted by Gasteiger charge is -2.56. The number of hydrogen-bond donors (Lipinski definition) is 3. The molecule has 0 unspecified atom stereocenters. The second-order valence-electron chi connectivity index (χ2n) is 10.9. The van der Waals surface area contributed by atoms with Gasteiger partial charge in [0.25, 0.3) is 5.91 Å². The molecule has 6 nitrogen and oxygen atoms in total. The highest BCUT2D eigenvalue weighted by molar-refractivity contribution is 6.02. The third-order valence-electron chi connectivity index (χ3n) is 7.94. The molecular weight excluding hydrogens is 424 g/mol. The summed E-state index contributed by atoms with van der Waals surface area (Å²) in [5, 5.41) is 9.39. The molecule has 4 saturated carbocycles. The van der Waals surface area contributed by atoms with Crippen LogP contribution in [-0.4, -0.2) is 38.1 Å². The standard InChI is InChI=1S/C28H36N4O2/c1-32(2)25-9-8-23(15-24(25)26(33)29-11-10-19-6-4-3-5-7-19)30-27(34)31-28-16-20-12-21(17-28)14-22(13-20)18-28/h3-9,15,20-22H,10-14,16-18H2,1-2H3,(H,29,33)(H2,30,31,34). The molecule has 0 spiro atoms. The molecule has 0 aliphatic heterocycles. The predicted octanol–water partition coefficient (Wildman–Crippen LogP) is 4.82. The lowest BCUT2D eigenvalue weighted by molar-refractivity contribution is -0.0127. The van der Waals surface area contributed by atoms with Crippen molar-refractivity contribution in [2.45, 2.75) is 50.5 Å². The Kier molecular flexibility index (Phi) is 6.24. The smallest absolute Gasteiger partial charge is 0.319 e. The Morgan fingerprint density at radius 3 is 2.21 bits per heavy atom. The number of benzene rings is 2. The van der Waals surface area contributed by atoms with E-state index in [-0.39, 0.29) is 17.5 Å². The van der Waals surface area contributed by atoms with E-state index in [1.165, 1.54) is 24.8 Å². The average Bonchev–Trinajstić information content (AvgIpc) is 2.78. The quantitative estimate of drug-likeness (QED) is 0.555. The number of hydrogen-bond acceptors (Lipinski definition) is 3. The molecule has 6 rings (SSSR count). The van der Waals surface area contributed by atoms with Crippen molar-refractivity contribution in [2.75, 3.05) is 30.9 Å². The molecule has 0 radical (unpaired) electrons. The van der Waals surface area contributed by atoms with Crippen LogP contribution in [0.4, 0.5) is 16.2 Å². The third kappa shape index (κ3) is 4.91. The maximum absolute atomic E-state index is 13.0. The van der Waals surface area contributed by atoms with Crippen LogP contribution in [0, 0.1) is 17.8 Å². The summed E-state index contributed by atoms with van der Waals surface area (Å²) < 4.78 is 0. The largest absolute Gasteiger partial charge is 0.377 e. The van der Waals surface area contributed by atoms with Crippen LogP contribution in [0.15, 0.2) is 48.5 Å². The Morgan fingerprint density at radius 2 is 1.59 bits per heavy atom. The van der Waals surface area contributed by atoms with Gasteiger partial charge in [-0.1, -0.05) is 30.3 Å². The zero-order valence-electron chi connectivity index (χ0n) is 20.3. The fraction of sp³-hybridized carbons (Fsp3) is 0.500. The maximum atomic E-state index is 13.0. The first-order valence-electron chi connectivity index (χ1n) is 12.6. The van der Waals surface area contributed by atoms with Crippen LogP contribution in [0.1, 0.15) is 54.4 Å². The number of carbonyl (C=O) groups excluding carboxylic acids is 2. The number of amides is 3. The number of urea groups is 1. The van der Waals surface area contributed by atoms with Gasteiger partial charge in [-0.15, -0.1) is 0 Å². The monoisotopic (exact) mass is 460 g/mol. The minimum Gasteiger partial charge on any atom is -0.377 e. The van der Waals surface area contributed by atoms with E-state index in [1.54, 1.807) is 6.07 Å². The van der Waals surface area contributed by atoms with Gasteiger partial charge in [-0.05, 0) is 86.5 Å². The molecule has 4 aliphatic carbocycles. The number of carbonyl (C=O) groups is 2. The second-order valence-corrected chi connectivity index (χ2v) is 10.9. The van der Waals surface area contributed by atoms with E-state index < -0.39 is 0 Å². The van der Waals surface area contributed by atoms with E-state index in [0.29, 0.717) is 17.8 Å². The van der Waals surface area contributed by atoms with Crippen molar-refractivity contribution in [3.8, 4) is 0 Å². The zero-order chi connectivity index (χ0) is 23.7. The molecule has 4 fully saturated rings. The van der Waals surface area contributed by atoms with E-state index in [4.69, 9.17) is 0 Å². The lowest BCUT2D eigenvalue weighted by atomic mass is 9.53. The van der Waals surface area contributed by atoms with Crippen LogP contribution in [0.3, 0.4) is 0 Å². The van der Waals surface area contributed by atoms with Gasteiger partial charge in [-0.25, -0.2) is 4.79 Å². The highest BCUT2D eigenvalue weighted by Crippen LogP contribution is 2.55. The molecule has 0 aromatic heterocycles. The summed E-state index contributed by atoms with van der Waals surface area (Å²) in [5.41, 5.74) is 3.17. The average molecular weight is 461 g/mol. The van der Waals surface area contributed by atoms with Crippen LogP contribution in [-0.2, 0) is 6.42 Å². The van der Waals surface area contributed by atoms with Crippen molar-refractivity contribution >= 4 is 23.3 Å². The molecule has 0 heterocycles. The van der Waals surface area contributed by atoms with Gasteiger partial charge in [-0.3, -0.25) is 4.79 Å². The minimum absolute atomic E-state index is 0.0416. The molecular formula is C28H36N4O2. The van der Waals surface area contributed by atoms with Crippen molar-refractivity contribution < 1.29 is 9.59 Å². The summed E-state index contributed by atoms with van der Waals surface area (Å²) in [5.74, 6) is 2.19. The van der Waals surface area contributed by atoms with Crippen molar-refractivity contribution in [2.24, 2.45) is 17.8 Å². The summed E-state index contributed by atoms with van der Waals surface area (Å²) in [6.45, 7) is 0.555. The Balaban J connectivity index is 1.24. The molecule has 4 bridgehead atoms. The first kappa shape index (κ1) is 22.8. The van der Waals surface area contributed by atoms with Gasteiger partial charge in [0.1, 0.15) is 0 Å². The summed E-state index contributed by atoms with van der Waals surface area (Å²) >= 11 is 0. The molecule has 180 valence electrons. The first-order valence-corrected chi connectivity index (χ1v) is 12.6. The van der Waals surface area contributed by atoms with Crippen molar-refractivity contribution in [1.29, 1.82) is 0 Å². The van der Waals surface area contributed by atoms with E-state index in [2.05, 4.69) is 28.1 Å². The van der Waals surface area contributed by atoms with Gasteiger partial charge in [0, 0.05) is 37.6 Å². The van der Waals surface area contributed by atoms with Crippen molar-refractivity contribution in [1.82, 2.24) is 10.6 Å². The van der Waals surface area contributed by atoms with Crippen LogP contribution < -0.4 is 20.9 Å². The van der Waals surface area contributed by atoms with E-state index in [0.717, 1.165) is 49.1 Å². The van der Waals surface area contributed by atoms with Crippen LogP contribution in [0.5, 0.6) is 0 Å². The van der Waals surface area contributed by atoms with Crippen LogP contribution in [0.25, 0.3) is 0 Å². The van der Waals surface area contributed by atoms with Gasteiger partial charge in [0.15, 0.2) is 0 Å². The number of nitrogens with one attached hydrogen (secondary N) is 3. The lowest BCUT2D eigenvalue weighted by Crippen LogP contribution is -2.60. The van der Waals surface area contributed by atoms with Crippen LogP contribution in [0.2, 0.25) is 0 Å². The number of nitrogens with zero attached hydrogens (tertiary/aromatic N) is 1. The molecule has 0 atom stereocenters. The molecule has 34 heavy (non-hydrogen) atoms. The number of rotatable bonds is 7. The summed E-state index contributed by atoms with van der Waals surface area (Å²) in [7, 11) is 3.84. The topological polar surface area (TPSA) is 73.5 Å². The normalized spacial score (nSPS) is 26.7. The van der Waals surface area contributed by atoms with Gasteiger partial charge < -0.3 is 20.9 Å². The first-order chi connectivity index (χ1) is 16.4. The Bertz CT molecular complexity index is 1010. The van der Waals surface area contributed by atoms with Gasteiger partial charge in [0.05, 0.1) is 5.56 Å². The highest BCUT2D eigenvalue weighted by Gasteiger charge is 2.51. The molecule has 2 aromatic rings. The van der Waals surface area contributed by atoms with Gasteiger partial charge in [-0.2, -0.15) is 0 Å². The SMILES string of the molecule is CN(C)c1ccc(NC(=O)NC23CC4CC(CC(C4)C2)C3)cc1C(=O)NCCc1ccccc1. The zero-order valence-corrected chi connectivity index (χ0v) is 20.3. The highest BCUT2D eigenvalue weighted by atomic mass is 16.2. The summed E-state index contributed by atoms with van der Waals surface area (Å²) in [6, 6.07) is 15.5. The molecule has 4 aliphatic rings. The fourth-order valence-electron chi connectivity index (χ4n) is 6.91. The molecule has 0 saturated heterocycles. The number of anilines is 2. The summed E-state index contributed by atoms with van der Waals surface area (Å²) in [6.07, 6.45) is 8.14. The molecule has 3 N–H and O–H groups in total. The van der Waals surface area contributed by atoms with E-state index >= 15 is 0 Å². The van der Waals surface area contributed by atoms with Gasteiger partial charge in [0.2, 0.25) is 0 Å². The Morgan fingerprint density at radius 1 is 0.941 bits per heavy atom. The van der Waals surface area contributed by atoms with Crippen molar-refractivity contribution in [3.63, 3.8) is 0 Å².